The molecule has 1 aromatic carbocycles. The van der Waals surface area contributed by atoms with Crippen molar-refractivity contribution in [3.8, 4) is 11.4 Å². The van der Waals surface area contributed by atoms with Crippen molar-refractivity contribution in [2.75, 3.05) is 6.26 Å². The number of halogens is 1. The molecule has 0 N–H and O–H groups in total. The smallest absolute Gasteiger partial charge is 0.175 e. The molecule has 7 heteroatoms. The van der Waals surface area contributed by atoms with Gasteiger partial charge in [0.2, 0.25) is 0 Å². The zero-order chi connectivity index (χ0) is 15.2. The van der Waals surface area contributed by atoms with Crippen molar-refractivity contribution >= 4 is 43.7 Å². The van der Waals surface area contributed by atoms with Gasteiger partial charge in [-0.3, -0.25) is 0 Å². The Labute approximate surface area is 131 Å². The van der Waals surface area contributed by atoms with E-state index in [9.17, 15) is 8.42 Å². The number of fused-ring (bicyclic) bond motifs is 1. The second-order valence-electron chi connectivity index (χ2n) is 4.76. The van der Waals surface area contributed by atoms with Gasteiger partial charge in [-0.2, -0.15) is 11.3 Å². The van der Waals surface area contributed by atoms with Gasteiger partial charge in [0.05, 0.1) is 10.4 Å². The number of aryl methyl sites for hydroxylation is 1. The highest BCUT2D eigenvalue weighted by Crippen LogP contribution is 2.29. The van der Waals surface area contributed by atoms with Crippen LogP contribution in [0.25, 0.3) is 22.3 Å². The first-order valence-corrected chi connectivity index (χ1v) is 9.28. The third kappa shape index (κ3) is 2.66. The molecule has 4 nitrogen and oxygen atoms in total. The van der Waals surface area contributed by atoms with Crippen molar-refractivity contribution < 1.29 is 8.42 Å². The van der Waals surface area contributed by atoms with Crippen LogP contribution in [-0.4, -0.2) is 24.6 Å². The highest BCUT2D eigenvalue weighted by molar-refractivity contribution is 7.90. The maximum Gasteiger partial charge on any atom is 0.175 e. The van der Waals surface area contributed by atoms with Gasteiger partial charge in [0.1, 0.15) is 5.15 Å². The van der Waals surface area contributed by atoms with Crippen LogP contribution in [0.2, 0.25) is 5.15 Å². The highest BCUT2D eigenvalue weighted by atomic mass is 35.5. The second-order valence-corrected chi connectivity index (χ2v) is 7.87. The summed E-state index contributed by atoms with van der Waals surface area (Å²) in [6.45, 7) is 1.99. The number of hydrogen-bond acceptors (Lipinski definition) is 5. The Hall–Kier alpha value is -1.50. The van der Waals surface area contributed by atoms with E-state index in [1.54, 1.807) is 17.4 Å². The lowest BCUT2D eigenvalue weighted by molar-refractivity contribution is 0.602. The maximum atomic E-state index is 11.6. The minimum atomic E-state index is -3.28. The molecule has 0 bridgehead atoms. The van der Waals surface area contributed by atoms with Crippen molar-refractivity contribution in [3.63, 3.8) is 0 Å². The second kappa shape index (κ2) is 5.05. The Kier molecular flexibility index (Phi) is 3.47. The van der Waals surface area contributed by atoms with E-state index in [4.69, 9.17) is 11.6 Å². The molecule has 0 radical (unpaired) electrons. The van der Waals surface area contributed by atoms with E-state index >= 15 is 0 Å². The van der Waals surface area contributed by atoms with Gasteiger partial charge in [0.25, 0.3) is 0 Å². The van der Waals surface area contributed by atoms with E-state index in [-0.39, 0.29) is 10.0 Å². The first kappa shape index (κ1) is 14.4. The predicted molar refractivity (Wildman–Crippen MR) is 85.7 cm³/mol. The van der Waals surface area contributed by atoms with Gasteiger partial charge >= 0.3 is 0 Å². The number of sulfone groups is 1. The fourth-order valence-electron chi connectivity index (χ4n) is 2.01. The van der Waals surface area contributed by atoms with E-state index in [1.807, 2.05) is 17.7 Å². The maximum absolute atomic E-state index is 11.6. The van der Waals surface area contributed by atoms with Crippen LogP contribution < -0.4 is 0 Å². The van der Waals surface area contributed by atoms with E-state index in [1.165, 1.54) is 12.1 Å². The summed E-state index contributed by atoms with van der Waals surface area (Å²) in [6.07, 6.45) is 1.16. The zero-order valence-electron chi connectivity index (χ0n) is 11.3. The summed E-state index contributed by atoms with van der Waals surface area (Å²) in [7, 11) is -3.28. The lowest BCUT2D eigenvalue weighted by Crippen LogP contribution is -1.98. The predicted octanol–water partition coefficient (Wildman–Crippen LogP) is 3.72. The Balaban J connectivity index is 2.25. The molecule has 0 saturated carbocycles. The lowest BCUT2D eigenvalue weighted by Gasteiger charge is -2.06. The van der Waals surface area contributed by atoms with Gasteiger partial charge in [-0.25, -0.2) is 18.4 Å². The van der Waals surface area contributed by atoms with Crippen LogP contribution in [0.15, 0.2) is 33.9 Å². The van der Waals surface area contributed by atoms with Crippen molar-refractivity contribution in [1.29, 1.82) is 0 Å². The normalized spacial score (nSPS) is 12.0. The SMILES string of the molecule is Cc1cscc1-c1nc(Cl)c2cc(S(C)(=O)=O)ccc2n1. The molecule has 0 unspecified atom stereocenters. The molecule has 2 heterocycles. The van der Waals surface area contributed by atoms with Gasteiger partial charge in [0.15, 0.2) is 15.7 Å². The summed E-state index contributed by atoms with van der Waals surface area (Å²) in [5.74, 6) is 0.554. The van der Waals surface area contributed by atoms with E-state index < -0.39 is 9.84 Å². The van der Waals surface area contributed by atoms with E-state index in [2.05, 4.69) is 9.97 Å². The molecule has 0 atom stereocenters. The monoisotopic (exact) mass is 338 g/mol. The molecule has 3 aromatic rings. The average Bonchev–Trinajstić information content (AvgIpc) is 2.83. The Morgan fingerprint density at radius 3 is 2.57 bits per heavy atom. The fourth-order valence-corrected chi connectivity index (χ4v) is 3.72. The van der Waals surface area contributed by atoms with Crippen LogP contribution in [-0.2, 0) is 9.84 Å². The molecule has 0 fully saturated rings. The highest BCUT2D eigenvalue weighted by Gasteiger charge is 2.14. The minimum absolute atomic E-state index is 0.208. The summed E-state index contributed by atoms with van der Waals surface area (Å²) < 4.78 is 23.2. The Morgan fingerprint density at radius 2 is 1.95 bits per heavy atom. The van der Waals surface area contributed by atoms with Gasteiger partial charge in [0, 0.05) is 22.6 Å². The average molecular weight is 339 g/mol. The molecule has 0 aliphatic rings. The third-order valence-corrected chi connectivity index (χ3v) is 5.41. The molecule has 3 rings (SSSR count). The number of hydrogen-bond donors (Lipinski definition) is 0. The summed E-state index contributed by atoms with van der Waals surface area (Å²) in [6, 6.07) is 4.70. The van der Waals surface area contributed by atoms with Gasteiger partial charge in [-0.1, -0.05) is 11.6 Å². The first-order chi connectivity index (χ1) is 9.86. The molecule has 0 amide bonds. The number of thiophene rings is 1. The summed E-state index contributed by atoms with van der Waals surface area (Å²) in [5, 5.41) is 4.78. The fraction of sp³-hybridized carbons (Fsp3) is 0.143. The van der Waals surface area contributed by atoms with Crippen molar-refractivity contribution in [2.24, 2.45) is 0 Å². The van der Waals surface area contributed by atoms with Gasteiger partial charge in [-0.15, -0.1) is 0 Å². The largest absolute Gasteiger partial charge is 0.228 e. The molecule has 21 heavy (non-hydrogen) atoms. The van der Waals surface area contributed by atoms with Crippen molar-refractivity contribution in [2.45, 2.75) is 11.8 Å². The molecule has 0 aliphatic heterocycles. The third-order valence-electron chi connectivity index (χ3n) is 3.15. The van der Waals surface area contributed by atoms with Crippen LogP contribution in [0.4, 0.5) is 0 Å². The molecule has 0 aliphatic carbocycles. The topological polar surface area (TPSA) is 59.9 Å². The number of rotatable bonds is 2. The van der Waals surface area contributed by atoms with Crippen LogP contribution in [0.5, 0.6) is 0 Å². The molecule has 0 saturated heterocycles. The number of nitrogens with zero attached hydrogens (tertiary/aromatic N) is 2. The van der Waals surface area contributed by atoms with Gasteiger partial charge in [-0.05, 0) is 36.1 Å². The quantitative estimate of drug-likeness (QED) is 0.668. The van der Waals surface area contributed by atoms with Crippen LogP contribution in [0.1, 0.15) is 5.56 Å². The number of aromatic nitrogens is 2. The minimum Gasteiger partial charge on any atom is -0.228 e. The first-order valence-electron chi connectivity index (χ1n) is 6.07. The summed E-state index contributed by atoms with van der Waals surface area (Å²) >= 11 is 7.79. The summed E-state index contributed by atoms with van der Waals surface area (Å²) in [5.41, 5.74) is 2.65. The summed E-state index contributed by atoms with van der Waals surface area (Å²) in [4.78, 5) is 8.98. The molecule has 2 aromatic heterocycles. The van der Waals surface area contributed by atoms with Crippen LogP contribution in [0.3, 0.4) is 0 Å². The molecule has 108 valence electrons. The molecule has 0 spiro atoms. The van der Waals surface area contributed by atoms with Crippen LogP contribution in [0, 0.1) is 6.92 Å². The van der Waals surface area contributed by atoms with Crippen molar-refractivity contribution in [1.82, 2.24) is 9.97 Å². The van der Waals surface area contributed by atoms with E-state index in [0.717, 1.165) is 17.4 Å². The van der Waals surface area contributed by atoms with E-state index in [0.29, 0.717) is 16.7 Å². The number of benzene rings is 1. The van der Waals surface area contributed by atoms with Gasteiger partial charge < -0.3 is 0 Å². The Bertz CT molecular complexity index is 949. The zero-order valence-corrected chi connectivity index (χ0v) is 13.7. The van der Waals surface area contributed by atoms with Crippen LogP contribution >= 0.6 is 22.9 Å². The Morgan fingerprint density at radius 1 is 1.19 bits per heavy atom. The molecular formula is C14H11ClN2O2S2. The molecular weight excluding hydrogens is 328 g/mol. The van der Waals surface area contributed by atoms with Crippen molar-refractivity contribution in [3.05, 3.63) is 39.7 Å². The lowest BCUT2D eigenvalue weighted by atomic mass is 10.2. The standard InChI is InChI=1S/C14H11ClN2O2S2/c1-8-6-20-7-11(8)14-16-12-4-3-9(21(2,18)19)5-10(12)13(15)17-14/h3-7H,1-2H3.